The van der Waals surface area contributed by atoms with Crippen LogP contribution in [0.15, 0.2) is 24.3 Å². The van der Waals surface area contributed by atoms with Crippen LogP contribution in [0.25, 0.3) is 0 Å². The van der Waals surface area contributed by atoms with Crippen molar-refractivity contribution in [1.82, 2.24) is 4.90 Å². The number of thioether (sulfide) groups is 1. The zero-order chi connectivity index (χ0) is 16.4. The third-order valence-electron chi connectivity index (χ3n) is 4.70. The number of rotatable bonds is 3. The first kappa shape index (κ1) is 16.7. The van der Waals surface area contributed by atoms with Gasteiger partial charge >= 0.3 is 5.97 Å². The Morgan fingerprint density at radius 1 is 1.13 bits per heavy atom. The molecule has 0 radical (unpaired) electrons. The van der Waals surface area contributed by atoms with Crippen molar-refractivity contribution in [2.45, 2.75) is 43.5 Å². The maximum atomic E-state index is 12.9. The highest BCUT2D eigenvalue weighted by molar-refractivity contribution is 8.00. The van der Waals surface area contributed by atoms with Gasteiger partial charge in [-0.3, -0.25) is 4.79 Å². The van der Waals surface area contributed by atoms with Crippen molar-refractivity contribution in [2.75, 3.05) is 5.75 Å². The van der Waals surface area contributed by atoms with E-state index in [0.29, 0.717) is 22.3 Å². The van der Waals surface area contributed by atoms with Gasteiger partial charge in [0.2, 0.25) is 0 Å². The molecule has 0 spiro atoms. The molecule has 4 nitrogen and oxygen atoms in total. The first-order chi connectivity index (χ1) is 11.1. The predicted octanol–water partition coefficient (Wildman–Crippen LogP) is 3.89. The summed E-state index contributed by atoms with van der Waals surface area (Å²) >= 11 is 7.50. The Morgan fingerprint density at radius 2 is 1.78 bits per heavy atom. The maximum absolute atomic E-state index is 12.9. The highest BCUT2D eigenvalue weighted by Gasteiger charge is 2.45. The Labute approximate surface area is 145 Å². The Bertz CT molecular complexity index is 586. The summed E-state index contributed by atoms with van der Waals surface area (Å²) < 4.78 is 0. The van der Waals surface area contributed by atoms with Gasteiger partial charge in [-0.2, -0.15) is 0 Å². The van der Waals surface area contributed by atoms with Crippen molar-refractivity contribution in [3.05, 3.63) is 34.9 Å². The second-order valence-electron chi connectivity index (χ2n) is 6.20. The standard InChI is InChI=1S/C17H20ClNO3S/c18-13-8-6-11(7-9-13)15(20)19-14(17(21)22)10-23-16(19)12-4-2-1-3-5-12/h6-9,12,14,16H,1-5,10H2,(H,21,22)/t14-,16+/m1/s1. The van der Waals surface area contributed by atoms with Crippen LogP contribution >= 0.6 is 23.4 Å². The number of benzene rings is 1. The number of nitrogens with zero attached hydrogens (tertiary/aromatic N) is 1. The molecule has 1 saturated carbocycles. The Hall–Kier alpha value is -1.20. The van der Waals surface area contributed by atoms with Crippen molar-refractivity contribution in [3.8, 4) is 0 Å². The number of hydrogen-bond acceptors (Lipinski definition) is 3. The minimum Gasteiger partial charge on any atom is -0.480 e. The summed E-state index contributed by atoms with van der Waals surface area (Å²) in [5.74, 6) is -0.252. The number of halogens is 1. The van der Waals surface area contributed by atoms with Gasteiger partial charge in [0.15, 0.2) is 0 Å². The van der Waals surface area contributed by atoms with Crippen molar-refractivity contribution < 1.29 is 14.7 Å². The Morgan fingerprint density at radius 3 is 2.39 bits per heavy atom. The van der Waals surface area contributed by atoms with Crippen LogP contribution in [0.4, 0.5) is 0 Å². The van der Waals surface area contributed by atoms with Crippen molar-refractivity contribution in [2.24, 2.45) is 5.92 Å². The molecule has 2 fully saturated rings. The van der Waals surface area contributed by atoms with Crippen LogP contribution in [0.1, 0.15) is 42.5 Å². The van der Waals surface area contributed by atoms with E-state index in [0.717, 1.165) is 12.8 Å². The molecule has 1 saturated heterocycles. The summed E-state index contributed by atoms with van der Waals surface area (Å²) in [5, 5.41) is 10.0. The van der Waals surface area contributed by atoms with Gasteiger partial charge < -0.3 is 10.0 Å². The number of carbonyl (C=O) groups excluding carboxylic acids is 1. The number of carboxylic acid groups (broad SMARTS) is 1. The van der Waals surface area contributed by atoms with Gasteiger partial charge in [0.1, 0.15) is 6.04 Å². The summed E-state index contributed by atoms with van der Waals surface area (Å²) in [5.41, 5.74) is 0.504. The average molecular weight is 354 g/mol. The number of carboxylic acids is 1. The highest BCUT2D eigenvalue weighted by atomic mass is 35.5. The van der Waals surface area contributed by atoms with E-state index in [-0.39, 0.29) is 11.3 Å². The van der Waals surface area contributed by atoms with E-state index in [9.17, 15) is 14.7 Å². The van der Waals surface area contributed by atoms with Crippen LogP contribution in [-0.4, -0.2) is 39.1 Å². The maximum Gasteiger partial charge on any atom is 0.327 e. The van der Waals surface area contributed by atoms with Crippen LogP contribution < -0.4 is 0 Å². The minimum atomic E-state index is -0.918. The van der Waals surface area contributed by atoms with Crippen LogP contribution in [0.3, 0.4) is 0 Å². The van der Waals surface area contributed by atoms with E-state index < -0.39 is 12.0 Å². The van der Waals surface area contributed by atoms with Crippen LogP contribution in [0.2, 0.25) is 5.02 Å². The predicted molar refractivity (Wildman–Crippen MR) is 91.9 cm³/mol. The van der Waals surface area contributed by atoms with Crippen LogP contribution in [0.5, 0.6) is 0 Å². The molecular formula is C17H20ClNO3S. The molecule has 1 heterocycles. The topological polar surface area (TPSA) is 57.6 Å². The van der Waals surface area contributed by atoms with Crippen LogP contribution in [-0.2, 0) is 4.79 Å². The highest BCUT2D eigenvalue weighted by Crippen LogP contribution is 2.41. The molecule has 1 aliphatic carbocycles. The molecule has 0 bridgehead atoms. The molecule has 2 atom stereocenters. The molecule has 2 aliphatic rings. The zero-order valence-corrected chi connectivity index (χ0v) is 14.4. The van der Waals surface area contributed by atoms with Gasteiger partial charge in [-0.05, 0) is 43.0 Å². The Balaban J connectivity index is 1.87. The molecule has 1 aromatic rings. The first-order valence-corrected chi connectivity index (χ1v) is 9.43. The SMILES string of the molecule is O=C(O)[C@H]1CS[C@@H](C2CCCCC2)N1C(=O)c1ccc(Cl)cc1. The summed E-state index contributed by atoms with van der Waals surface area (Å²) in [7, 11) is 0. The minimum absolute atomic E-state index is 0.0282. The van der Waals surface area contributed by atoms with E-state index in [4.69, 9.17) is 11.6 Å². The number of hydrogen-bond donors (Lipinski definition) is 1. The molecule has 1 aliphatic heterocycles. The van der Waals surface area contributed by atoms with Gasteiger partial charge in [-0.25, -0.2) is 4.79 Å². The van der Waals surface area contributed by atoms with Gasteiger partial charge in [0.05, 0.1) is 5.37 Å². The zero-order valence-electron chi connectivity index (χ0n) is 12.8. The number of amides is 1. The molecular weight excluding hydrogens is 334 g/mol. The fourth-order valence-electron chi connectivity index (χ4n) is 3.50. The van der Waals surface area contributed by atoms with Gasteiger partial charge in [0, 0.05) is 16.3 Å². The quantitative estimate of drug-likeness (QED) is 0.895. The average Bonchev–Trinajstić information content (AvgIpc) is 3.01. The summed E-state index contributed by atoms with van der Waals surface area (Å²) in [4.78, 5) is 26.1. The van der Waals surface area contributed by atoms with Crippen molar-refractivity contribution >= 4 is 35.2 Å². The molecule has 6 heteroatoms. The van der Waals surface area contributed by atoms with Gasteiger partial charge in [-0.15, -0.1) is 11.8 Å². The lowest BCUT2D eigenvalue weighted by molar-refractivity contribution is -0.141. The third-order valence-corrected chi connectivity index (χ3v) is 6.41. The number of carbonyl (C=O) groups is 2. The summed E-state index contributed by atoms with van der Waals surface area (Å²) in [6, 6.07) is 5.94. The fourth-order valence-corrected chi connectivity index (χ4v) is 5.26. The van der Waals surface area contributed by atoms with E-state index in [1.165, 1.54) is 19.3 Å². The van der Waals surface area contributed by atoms with Gasteiger partial charge in [0.25, 0.3) is 5.91 Å². The molecule has 1 aromatic carbocycles. The van der Waals surface area contributed by atoms with Crippen molar-refractivity contribution in [1.29, 1.82) is 0 Å². The monoisotopic (exact) mass is 353 g/mol. The normalized spacial score (nSPS) is 25.5. The largest absolute Gasteiger partial charge is 0.480 e. The number of aliphatic carboxylic acids is 1. The van der Waals surface area contributed by atoms with E-state index in [1.807, 2.05) is 0 Å². The van der Waals surface area contributed by atoms with E-state index in [2.05, 4.69) is 0 Å². The van der Waals surface area contributed by atoms with E-state index in [1.54, 1.807) is 40.9 Å². The molecule has 3 rings (SSSR count). The first-order valence-electron chi connectivity index (χ1n) is 8.00. The van der Waals surface area contributed by atoms with Crippen molar-refractivity contribution in [3.63, 3.8) is 0 Å². The molecule has 0 unspecified atom stereocenters. The van der Waals surface area contributed by atoms with E-state index >= 15 is 0 Å². The molecule has 124 valence electrons. The van der Waals surface area contributed by atoms with Gasteiger partial charge in [-0.1, -0.05) is 30.9 Å². The molecule has 23 heavy (non-hydrogen) atoms. The lowest BCUT2D eigenvalue weighted by Crippen LogP contribution is -2.48. The smallest absolute Gasteiger partial charge is 0.327 e. The summed E-state index contributed by atoms with van der Waals surface area (Å²) in [6.07, 6.45) is 5.73. The summed E-state index contributed by atoms with van der Waals surface area (Å²) in [6.45, 7) is 0. The lowest BCUT2D eigenvalue weighted by Gasteiger charge is -2.34. The molecule has 0 aromatic heterocycles. The van der Waals surface area contributed by atoms with Crippen LogP contribution in [0, 0.1) is 5.92 Å². The molecule has 1 N–H and O–H groups in total. The second kappa shape index (κ2) is 7.14. The molecule has 1 amide bonds. The lowest BCUT2D eigenvalue weighted by atomic mass is 9.88. The Kier molecular flexibility index (Phi) is 5.17. The third kappa shape index (κ3) is 3.50. The fraction of sp³-hybridized carbons (Fsp3) is 0.529. The second-order valence-corrected chi connectivity index (χ2v) is 7.78.